The van der Waals surface area contributed by atoms with Crippen LogP contribution < -0.4 is 60.9 Å². The van der Waals surface area contributed by atoms with Crippen molar-refractivity contribution in [2.24, 2.45) is 0 Å². The maximum absolute atomic E-state index is 12.6. The van der Waals surface area contributed by atoms with Gasteiger partial charge in [0.1, 0.15) is 0 Å². The van der Waals surface area contributed by atoms with Crippen molar-refractivity contribution < 1.29 is 69.6 Å². The van der Waals surface area contributed by atoms with E-state index in [1.807, 2.05) is 0 Å². The quantitative estimate of drug-likeness (QED) is 0.492. The summed E-state index contributed by atoms with van der Waals surface area (Å²) in [5.74, 6) is 0.644. The third kappa shape index (κ3) is 2.36. The zero-order chi connectivity index (χ0) is 9.76. The van der Waals surface area contributed by atoms with E-state index in [1.54, 1.807) is 12.1 Å². The standard InChI is InChI=1S/C10H7F2O2.K/c11-10(12)13-8-4-3-7(6-1-2-6)5-9(8)14-10;/h1,3-6H,2H2;/q-1;+1/t6-;/m1./s1. The summed E-state index contributed by atoms with van der Waals surface area (Å²) < 4.78 is 33.9. The first-order chi connectivity index (χ1) is 6.64. The Morgan fingerprint density at radius 3 is 2.60 bits per heavy atom. The third-order valence-electron chi connectivity index (χ3n) is 2.32. The minimum absolute atomic E-state index is 0. The van der Waals surface area contributed by atoms with E-state index in [4.69, 9.17) is 0 Å². The molecular weight excluding hydrogens is 229 g/mol. The molecule has 2 aliphatic rings. The fraction of sp³-hybridized carbons (Fsp3) is 0.300. The van der Waals surface area contributed by atoms with Crippen molar-refractivity contribution in [1.82, 2.24) is 0 Å². The van der Waals surface area contributed by atoms with Gasteiger partial charge in [-0.1, -0.05) is 11.6 Å². The summed E-state index contributed by atoms with van der Waals surface area (Å²) in [4.78, 5) is 0. The number of rotatable bonds is 1. The second-order valence-corrected chi connectivity index (χ2v) is 3.45. The molecule has 0 saturated heterocycles. The Bertz CT molecular complexity index is 391. The third-order valence-corrected chi connectivity index (χ3v) is 2.32. The maximum atomic E-state index is 12.6. The molecule has 0 aromatic heterocycles. The van der Waals surface area contributed by atoms with E-state index in [9.17, 15) is 8.78 Å². The SMILES string of the molecule is FC1(F)Oc2ccc([C@@H]3[CH-]C3)cc2O1.[K+]. The van der Waals surface area contributed by atoms with E-state index < -0.39 is 6.29 Å². The largest absolute Gasteiger partial charge is 1.00 e. The molecule has 0 spiro atoms. The molecule has 1 fully saturated rings. The summed E-state index contributed by atoms with van der Waals surface area (Å²) in [5.41, 5.74) is 1.00. The van der Waals surface area contributed by atoms with Gasteiger partial charge in [-0.15, -0.1) is 8.78 Å². The summed E-state index contributed by atoms with van der Waals surface area (Å²) in [6.45, 7) is 0. The van der Waals surface area contributed by atoms with Gasteiger partial charge in [0.15, 0.2) is 11.5 Å². The monoisotopic (exact) mass is 236 g/mol. The summed E-state index contributed by atoms with van der Waals surface area (Å²) in [5, 5.41) is 0. The minimum atomic E-state index is -3.51. The van der Waals surface area contributed by atoms with Crippen LogP contribution in [0, 0.1) is 6.42 Å². The molecule has 0 radical (unpaired) electrons. The molecule has 1 heterocycles. The average Bonchev–Trinajstić information content (AvgIpc) is 2.86. The second kappa shape index (κ2) is 3.96. The fourth-order valence-corrected chi connectivity index (χ4v) is 1.54. The van der Waals surface area contributed by atoms with Gasteiger partial charge in [-0.3, -0.25) is 0 Å². The molecule has 0 amide bonds. The van der Waals surface area contributed by atoms with Crippen molar-refractivity contribution in [3.05, 3.63) is 30.2 Å². The van der Waals surface area contributed by atoms with Gasteiger partial charge >= 0.3 is 57.7 Å². The number of hydrogen-bond donors (Lipinski definition) is 0. The first-order valence-corrected chi connectivity index (χ1v) is 4.37. The van der Waals surface area contributed by atoms with Gasteiger partial charge < -0.3 is 15.9 Å². The van der Waals surface area contributed by atoms with Crippen LogP contribution in [-0.4, -0.2) is 6.29 Å². The summed E-state index contributed by atoms with van der Waals surface area (Å²) in [7, 11) is 0. The Labute approximate surface area is 128 Å². The zero-order valence-electron chi connectivity index (χ0n) is 8.17. The van der Waals surface area contributed by atoms with Crippen molar-refractivity contribution in [3.63, 3.8) is 0 Å². The van der Waals surface area contributed by atoms with Gasteiger partial charge in [-0.05, 0) is 12.1 Å². The molecule has 1 atom stereocenters. The molecule has 0 unspecified atom stereocenters. The molecule has 3 rings (SSSR count). The molecule has 1 aromatic rings. The van der Waals surface area contributed by atoms with E-state index in [0.29, 0.717) is 5.92 Å². The van der Waals surface area contributed by atoms with Crippen LogP contribution in [0.5, 0.6) is 11.5 Å². The number of fused-ring (bicyclic) bond motifs is 1. The van der Waals surface area contributed by atoms with Crippen molar-refractivity contribution in [2.45, 2.75) is 18.6 Å². The van der Waals surface area contributed by atoms with Crippen LogP contribution in [0.2, 0.25) is 0 Å². The molecule has 1 saturated carbocycles. The molecule has 1 aromatic carbocycles. The van der Waals surface area contributed by atoms with E-state index in [-0.39, 0.29) is 62.9 Å². The van der Waals surface area contributed by atoms with Crippen LogP contribution in [0.1, 0.15) is 17.9 Å². The number of hydrogen-bond acceptors (Lipinski definition) is 2. The average molecular weight is 236 g/mol. The van der Waals surface area contributed by atoms with Gasteiger partial charge in [0.2, 0.25) is 0 Å². The van der Waals surface area contributed by atoms with Gasteiger partial charge in [0.05, 0.1) is 0 Å². The van der Waals surface area contributed by atoms with Crippen LogP contribution in [0.25, 0.3) is 0 Å². The molecule has 15 heavy (non-hydrogen) atoms. The molecule has 1 aliphatic carbocycles. The first kappa shape index (κ1) is 11.8. The van der Waals surface area contributed by atoms with Crippen LogP contribution in [0.3, 0.4) is 0 Å². The normalized spacial score (nSPS) is 24.5. The van der Waals surface area contributed by atoms with Crippen molar-refractivity contribution >= 4 is 0 Å². The Hall–Kier alpha value is 0.316. The number of benzene rings is 1. The first-order valence-electron chi connectivity index (χ1n) is 4.37. The molecule has 1 aliphatic heterocycles. The Balaban J connectivity index is 0.000000853. The van der Waals surface area contributed by atoms with Gasteiger partial charge in [-0.2, -0.15) is 12.3 Å². The van der Waals surface area contributed by atoms with E-state index >= 15 is 0 Å². The summed E-state index contributed by atoms with van der Waals surface area (Å²) >= 11 is 0. The van der Waals surface area contributed by atoms with Crippen LogP contribution in [0.15, 0.2) is 18.2 Å². The maximum Gasteiger partial charge on any atom is 1.00 e. The van der Waals surface area contributed by atoms with Gasteiger partial charge in [0, 0.05) is 0 Å². The molecule has 0 bridgehead atoms. The van der Waals surface area contributed by atoms with Crippen LogP contribution in [0.4, 0.5) is 8.78 Å². The van der Waals surface area contributed by atoms with E-state index in [1.165, 1.54) is 6.07 Å². The second-order valence-electron chi connectivity index (χ2n) is 3.45. The topological polar surface area (TPSA) is 18.5 Å². The smallest absolute Gasteiger partial charge is 0.395 e. The molecule has 5 heteroatoms. The van der Waals surface area contributed by atoms with Crippen LogP contribution >= 0.6 is 0 Å². The summed E-state index contributed by atoms with van der Waals surface area (Å²) in [6, 6.07) is 4.93. The molecular formula is C10H7F2KO2. The molecule has 2 nitrogen and oxygen atoms in total. The van der Waals surface area contributed by atoms with Crippen molar-refractivity contribution in [3.8, 4) is 11.5 Å². The fourth-order valence-electron chi connectivity index (χ4n) is 1.54. The zero-order valence-corrected chi connectivity index (χ0v) is 11.3. The summed E-state index contributed by atoms with van der Waals surface area (Å²) in [6.07, 6.45) is -0.389. The Kier molecular flexibility index (Phi) is 3.11. The minimum Gasteiger partial charge on any atom is -0.395 e. The Morgan fingerprint density at radius 1 is 1.27 bits per heavy atom. The number of ether oxygens (including phenoxy) is 2. The van der Waals surface area contributed by atoms with Gasteiger partial charge in [0.25, 0.3) is 0 Å². The van der Waals surface area contributed by atoms with Gasteiger partial charge in [-0.25, -0.2) is 0 Å². The van der Waals surface area contributed by atoms with Crippen molar-refractivity contribution in [1.29, 1.82) is 0 Å². The molecule has 74 valence electrons. The predicted molar refractivity (Wildman–Crippen MR) is 44.3 cm³/mol. The number of halogens is 2. The van der Waals surface area contributed by atoms with E-state index in [2.05, 4.69) is 15.9 Å². The van der Waals surface area contributed by atoms with E-state index in [0.717, 1.165) is 12.0 Å². The predicted octanol–water partition coefficient (Wildman–Crippen LogP) is -0.296. The Morgan fingerprint density at radius 2 is 1.93 bits per heavy atom. The molecule has 0 N–H and O–H groups in total. The number of alkyl halides is 2. The van der Waals surface area contributed by atoms with Crippen molar-refractivity contribution in [2.75, 3.05) is 0 Å². The van der Waals surface area contributed by atoms with Crippen LogP contribution in [-0.2, 0) is 0 Å².